The van der Waals surface area contributed by atoms with Crippen LogP contribution in [0.3, 0.4) is 0 Å². The summed E-state index contributed by atoms with van der Waals surface area (Å²) in [5.74, 6) is -0.265. The van der Waals surface area contributed by atoms with Gasteiger partial charge in [0.05, 0.1) is 24.6 Å². The Morgan fingerprint density at radius 1 is 1.16 bits per heavy atom. The van der Waals surface area contributed by atoms with E-state index in [1.165, 1.54) is 0 Å². The first-order chi connectivity index (χ1) is 9.17. The standard InChI is InChI=1S/C15H22N2O2/c1-11-3-4-14(12(2)16-11)17-13-5-7-15(8-6-13)18-9-10-19-15/h3-4,13,17H,5-10H2,1-2H3. The third kappa shape index (κ3) is 2.74. The number of hydrogen-bond acceptors (Lipinski definition) is 4. The van der Waals surface area contributed by atoms with Crippen LogP contribution in [0.5, 0.6) is 0 Å². The average molecular weight is 262 g/mol. The van der Waals surface area contributed by atoms with E-state index < -0.39 is 0 Å². The quantitative estimate of drug-likeness (QED) is 0.890. The van der Waals surface area contributed by atoms with Gasteiger partial charge in [-0.15, -0.1) is 0 Å². The van der Waals surface area contributed by atoms with Crippen molar-refractivity contribution in [3.8, 4) is 0 Å². The zero-order valence-corrected chi connectivity index (χ0v) is 11.7. The van der Waals surface area contributed by atoms with Crippen molar-refractivity contribution in [1.29, 1.82) is 0 Å². The van der Waals surface area contributed by atoms with E-state index in [-0.39, 0.29) is 5.79 Å². The zero-order valence-electron chi connectivity index (χ0n) is 11.7. The fraction of sp³-hybridized carbons (Fsp3) is 0.667. The molecule has 19 heavy (non-hydrogen) atoms. The molecule has 0 bridgehead atoms. The van der Waals surface area contributed by atoms with Crippen LogP contribution in [-0.4, -0.2) is 30.0 Å². The van der Waals surface area contributed by atoms with E-state index in [9.17, 15) is 0 Å². The van der Waals surface area contributed by atoms with Gasteiger partial charge in [0, 0.05) is 24.6 Å². The normalized spacial score (nSPS) is 22.8. The van der Waals surface area contributed by atoms with E-state index in [0.29, 0.717) is 6.04 Å². The highest BCUT2D eigenvalue weighted by atomic mass is 16.7. The van der Waals surface area contributed by atoms with E-state index in [4.69, 9.17) is 9.47 Å². The fourth-order valence-corrected chi connectivity index (χ4v) is 3.05. The Labute approximate surface area is 114 Å². The van der Waals surface area contributed by atoms with Gasteiger partial charge >= 0.3 is 0 Å². The number of aromatic nitrogens is 1. The van der Waals surface area contributed by atoms with Crippen molar-refractivity contribution in [2.75, 3.05) is 18.5 Å². The monoisotopic (exact) mass is 262 g/mol. The van der Waals surface area contributed by atoms with Crippen LogP contribution in [0.1, 0.15) is 37.1 Å². The summed E-state index contributed by atoms with van der Waals surface area (Å²) >= 11 is 0. The number of anilines is 1. The molecular formula is C15H22N2O2. The third-order valence-corrected chi connectivity index (χ3v) is 4.15. The van der Waals surface area contributed by atoms with E-state index in [1.54, 1.807) is 0 Å². The summed E-state index contributed by atoms with van der Waals surface area (Å²) in [6.45, 7) is 5.58. The molecule has 3 rings (SSSR count). The van der Waals surface area contributed by atoms with Crippen LogP contribution in [0.15, 0.2) is 12.1 Å². The van der Waals surface area contributed by atoms with Gasteiger partial charge in [0.1, 0.15) is 0 Å². The number of pyridine rings is 1. The maximum absolute atomic E-state index is 5.76. The number of hydrogen-bond donors (Lipinski definition) is 1. The predicted octanol–water partition coefficient (Wildman–Crippen LogP) is 2.80. The number of nitrogens with one attached hydrogen (secondary N) is 1. The lowest BCUT2D eigenvalue weighted by Gasteiger charge is -2.36. The molecule has 1 N–H and O–H groups in total. The molecule has 0 radical (unpaired) electrons. The molecule has 4 nitrogen and oxygen atoms in total. The maximum Gasteiger partial charge on any atom is 0.168 e. The Bertz CT molecular complexity index is 445. The second kappa shape index (κ2) is 5.10. The zero-order chi connectivity index (χ0) is 13.3. The molecule has 0 aromatic carbocycles. The summed E-state index contributed by atoms with van der Waals surface area (Å²) in [5.41, 5.74) is 3.30. The Balaban J connectivity index is 1.60. The lowest BCUT2D eigenvalue weighted by molar-refractivity contribution is -0.177. The molecule has 2 aliphatic rings. The van der Waals surface area contributed by atoms with Gasteiger partial charge in [-0.2, -0.15) is 0 Å². The van der Waals surface area contributed by atoms with Crippen LogP contribution < -0.4 is 5.32 Å². The predicted molar refractivity (Wildman–Crippen MR) is 74.2 cm³/mol. The number of rotatable bonds is 2. The van der Waals surface area contributed by atoms with Crippen LogP contribution in [-0.2, 0) is 9.47 Å². The molecule has 0 unspecified atom stereocenters. The molecule has 1 saturated heterocycles. The van der Waals surface area contributed by atoms with Crippen LogP contribution >= 0.6 is 0 Å². The molecule has 1 saturated carbocycles. The molecule has 1 aromatic heterocycles. The van der Waals surface area contributed by atoms with Crippen molar-refractivity contribution < 1.29 is 9.47 Å². The van der Waals surface area contributed by atoms with Gasteiger partial charge in [0.2, 0.25) is 0 Å². The van der Waals surface area contributed by atoms with Crippen LogP contribution in [0.2, 0.25) is 0 Å². The minimum atomic E-state index is -0.265. The molecule has 0 atom stereocenters. The molecule has 1 aliphatic carbocycles. The lowest BCUT2D eigenvalue weighted by atomic mass is 9.90. The average Bonchev–Trinajstić information content (AvgIpc) is 2.84. The molecule has 2 fully saturated rings. The van der Waals surface area contributed by atoms with E-state index in [0.717, 1.165) is 56.0 Å². The van der Waals surface area contributed by atoms with Gasteiger partial charge in [-0.3, -0.25) is 4.98 Å². The molecule has 4 heteroatoms. The van der Waals surface area contributed by atoms with Crippen molar-refractivity contribution in [2.45, 2.75) is 51.4 Å². The smallest absolute Gasteiger partial charge is 0.168 e. The third-order valence-electron chi connectivity index (χ3n) is 4.15. The Hall–Kier alpha value is -1.13. The highest BCUT2D eigenvalue weighted by Crippen LogP contribution is 2.36. The van der Waals surface area contributed by atoms with Gasteiger partial charge < -0.3 is 14.8 Å². The van der Waals surface area contributed by atoms with Crippen LogP contribution in [0.4, 0.5) is 5.69 Å². The summed E-state index contributed by atoms with van der Waals surface area (Å²) in [7, 11) is 0. The van der Waals surface area contributed by atoms with Gasteiger partial charge in [-0.1, -0.05) is 0 Å². The van der Waals surface area contributed by atoms with Crippen molar-refractivity contribution >= 4 is 5.69 Å². The first kappa shape index (κ1) is 12.9. The number of nitrogens with zero attached hydrogens (tertiary/aromatic N) is 1. The van der Waals surface area contributed by atoms with Crippen LogP contribution in [0, 0.1) is 13.8 Å². The molecule has 1 aromatic rings. The summed E-state index contributed by atoms with van der Waals surface area (Å²) in [5, 5.41) is 3.61. The highest BCUT2D eigenvalue weighted by Gasteiger charge is 2.40. The van der Waals surface area contributed by atoms with E-state index >= 15 is 0 Å². The lowest BCUT2D eigenvalue weighted by Crippen LogP contribution is -2.39. The first-order valence-corrected chi connectivity index (χ1v) is 7.16. The highest BCUT2D eigenvalue weighted by molar-refractivity contribution is 5.48. The second-order valence-electron chi connectivity index (χ2n) is 5.61. The Morgan fingerprint density at radius 3 is 2.47 bits per heavy atom. The van der Waals surface area contributed by atoms with Crippen molar-refractivity contribution in [2.24, 2.45) is 0 Å². The molecule has 2 heterocycles. The van der Waals surface area contributed by atoms with Crippen molar-refractivity contribution in [3.63, 3.8) is 0 Å². The fourth-order valence-electron chi connectivity index (χ4n) is 3.05. The Kier molecular flexibility index (Phi) is 3.46. The van der Waals surface area contributed by atoms with Gasteiger partial charge in [0.15, 0.2) is 5.79 Å². The van der Waals surface area contributed by atoms with Crippen LogP contribution in [0.25, 0.3) is 0 Å². The minimum Gasteiger partial charge on any atom is -0.381 e. The summed E-state index contributed by atoms with van der Waals surface area (Å²) < 4.78 is 11.5. The maximum atomic E-state index is 5.76. The molecule has 104 valence electrons. The number of ether oxygens (including phenoxy) is 2. The second-order valence-corrected chi connectivity index (χ2v) is 5.61. The summed E-state index contributed by atoms with van der Waals surface area (Å²) in [6.07, 6.45) is 4.16. The largest absolute Gasteiger partial charge is 0.381 e. The Morgan fingerprint density at radius 2 is 1.84 bits per heavy atom. The SMILES string of the molecule is Cc1ccc(NC2CCC3(CC2)OCCO3)c(C)n1. The van der Waals surface area contributed by atoms with E-state index in [2.05, 4.69) is 29.4 Å². The molecule has 1 spiro atoms. The number of aryl methyl sites for hydroxylation is 2. The van der Waals surface area contributed by atoms with Crippen molar-refractivity contribution in [1.82, 2.24) is 4.98 Å². The summed E-state index contributed by atoms with van der Waals surface area (Å²) in [6, 6.07) is 4.69. The molecule has 0 amide bonds. The molecule has 1 aliphatic heterocycles. The van der Waals surface area contributed by atoms with Gasteiger partial charge in [-0.25, -0.2) is 0 Å². The van der Waals surface area contributed by atoms with Gasteiger partial charge in [-0.05, 0) is 38.8 Å². The summed E-state index contributed by atoms with van der Waals surface area (Å²) in [4.78, 5) is 4.50. The topological polar surface area (TPSA) is 43.4 Å². The van der Waals surface area contributed by atoms with Crippen molar-refractivity contribution in [3.05, 3.63) is 23.5 Å². The minimum absolute atomic E-state index is 0.265. The van der Waals surface area contributed by atoms with Gasteiger partial charge in [0.25, 0.3) is 0 Å². The molecular weight excluding hydrogens is 240 g/mol. The first-order valence-electron chi connectivity index (χ1n) is 7.16. The van der Waals surface area contributed by atoms with E-state index in [1.807, 2.05) is 6.92 Å².